The molecule has 0 aromatic carbocycles. The predicted molar refractivity (Wildman–Crippen MR) is 98.1 cm³/mol. The Hall–Kier alpha value is -1.68. The first-order valence-corrected chi connectivity index (χ1v) is 10.7. The number of hydrogen-bond donors (Lipinski definition) is 3. The van der Waals surface area contributed by atoms with Gasteiger partial charge < -0.3 is 20.6 Å². The summed E-state index contributed by atoms with van der Waals surface area (Å²) in [7, 11) is -3.68. The number of carbonyl (C=O) groups is 3. The SMILES string of the molecule is CC(C)CC(NC(=O)C1N2C(=O)CC2S(=O)(=O)C1(C)C)C(=O)NC(C)CO. The Kier molecular flexibility index (Phi) is 5.91. The van der Waals surface area contributed by atoms with Crippen LogP contribution in [0.2, 0.25) is 0 Å². The number of sulfone groups is 1. The van der Waals surface area contributed by atoms with Crippen molar-refractivity contribution in [3.05, 3.63) is 0 Å². The first kappa shape index (κ1) is 21.6. The molecule has 0 aromatic heterocycles. The Morgan fingerprint density at radius 1 is 1.26 bits per heavy atom. The van der Waals surface area contributed by atoms with Crippen molar-refractivity contribution in [1.82, 2.24) is 15.5 Å². The van der Waals surface area contributed by atoms with Gasteiger partial charge in [0.15, 0.2) is 9.84 Å². The third kappa shape index (κ3) is 3.69. The van der Waals surface area contributed by atoms with Crippen LogP contribution in [0.15, 0.2) is 0 Å². The topological polar surface area (TPSA) is 133 Å². The number of nitrogens with zero attached hydrogens (tertiary/aromatic N) is 1. The summed E-state index contributed by atoms with van der Waals surface area (Å²) in [5, 5.41) is 13.4. The van der Waals surface area contributed by atoms with E-state index in [9.17, 15) is 22.8 Å². The summed E-state index contributed by atoms with van der Waals surface area (Å²) in [5.74, 6) is -1.41. The van der Waals surface area contributed by atoms with Crippen LogP contribution >= 0.6 is 0 Å². The van der Waals surface area contributed by atoms with Crippen LogP contribution in [0, 0.1) is 5.92 Å². The Morgan fingerprint density at radius 3 is 2.33 bits per heavy atom. The van der Waals surface area contributed by atoms with Gasteiger partial charge >= 0.3 is 0 Å². The van der Waals surface area contributed by atoms with E-state index in [-0.39, 0.29) is 24.9 Å². The minimum atomic E-state index is -3.68. The molecule has 27 heavy (non-hydrogen) atoms. The molecule has 0 aliphatic carbocycles. The molecule has 0 spiro atoms. The van der Waals surface area contributed by atoms with Crippen LogP contribution in [-0.4, -0.2) is 71.0 Å². The number of fused-ring (bicyclic) bond motifs is 1. The molecule has 3 N–H and O–H groups in total. The van der Waals surface area contributed by atoms with Crippen LogP contribution in [0.4, 0.5) is 0 Å². The number of hydrogen-bond acceptors (Lipinski definition) is 6. The molecule has 154 valence electrons. The molecule has 2 saturated heterocycles. The van der Waals surface area contributed by atoms with Crippen molar-refractivity contribution in [2.75, 3.05) is 6.61 Å². The minimum absolute atomic E-state index is 0.0872. The highest BCUT2D eigenvalue weighted by atomic mass is 32.2. The standard InChI is InChI=1S/C17H29N3O6S/c1-9(2)6-11(15(23)18-10(3)8-21)19-16(24)14-17(4,5)27(25,26)13-7-12(22)20(13)14/h9-11,13-14,21H,6-8H2,1-5H3,(H,18,23)(H,19,24). The summed E-state index contributed by atoms with van der Waals surface area (Å²) in [6.45, 7) is 8.03. The molecule has 2 rings (SSSR count). The summed E-state index contributed by atoms with van der Waals surface area (Å²) in [5.41, 5.74) is 0. The fourth-order valence-electron chi connectivity index (χ4n) is 3.60. The number of nitrogens with one attached hydrogen (secondary N) is 2. The van der Waals surface area contributed by atoms with Crippen LogP contribution in [0.3, 0.4) is 0 Å². The predicted octanol–water partition coefficient (Wildman–Crippen LogP) is -0.852. The molecule has 2 aliphatic heterocycles. The van der Waals surface area contributed by atoms with Gasteiger partial charge in [-0.05, 0) is 33.1 Å². The van der Waals surface area contributed by atoms with E-state index in [1.54, 1.807) is 6.92 Å². The van der Waals surface area contributed by atoms with Crippen molar-refractivity contribution < 1.29 is 27.9 Å². The van der Waals surface area contributed by atoms with E-state index in [1.165, 1.54) is 13.8 Å². The van der Waals surface area contributed by atoms with E-state index in [0.29, 0.717) is 6.42 Å². The summed E-state index contributed by atoms with van der Waals surface area (Å²) in [6, 6.07) is -2.54. The van der Waals surface area contributed by atoms with Gasteiger partial charge in [-0.1, -0.05) is 13.8 Å². The fourth-order valence-corrected chi connectivity index (χ4v) is 5.73. The molecular weight excluding hydrogens is 374 g/mol. The molecule has 0 aromatic rings. The summed E-state index contributed by atoms with van der Waals surface area (Å²) >= 11 is 0. The van der Waals surface area contributed by atoms with Gasteiger partial charge in [-0.3, -0.25) is 14.4 Å². The molecule has 0 radical (unpaired) electrons. The summed E-state index contributed by atoms with van der Waals surface area (Å²) < 4.78 is 23.8. The van der Waals surface area contributed by atoms with Crippen LogP contribution in [0.5, 0.6) is 0 Å². The average molecular weight is 404 g/mol. The normalized spacial score (nSPS) is 27.5. The summed E-state index contributed by atoms with van der Waals surface area (Å²) in [6.07, 6.45) is 0.229. The van der Waals surface area contributed by atoms with Crippen molar-refractivity contribution in [2.24, 2.45) is 5.92 Å². The molecule has 3 amide bonds. The lowest BCUT2D eigenvalue weighted by Gasteiger charge is -2.37. The maximum atomic E-state index is 12.9. The maximum Gasteiger partial charge on any atom is 0.245 e. The first-order chi connectivity index (χ1) is 12.3. The van der Waals surface area contributed by atoms with E-state index >= 15 is 0 Å². The van der Waals surface area contributed by atoms with Crippen molar-refractivity contribution >= 4 is 27.6 Å². The Balaban J connectivity index is 2.23. The number of amides is 3. The smallest absolute Gasteiger partial charge is 0.245 e. The van der Waals surface area contributed by atoms with E-state index in [4.69, 9.17) is 5.11 Å². The van der Waals surface area contributed by atoms with E-state index in [1.807, 2.05) is 13.8 Å². The van der Waals surface area contributed by atoms with Crippen molar-refractivity contribution in [3.8, 4) is 0 Å². The van der Waals surface area contributed by atoms with Crippen LogP contribution < -0.4 is 10.6 Å². The molecule has 0 bridgehead atoms. The lowest BCUT2D eigenvalue weighted by atomic mass is 9.96. The first-order valence-electron chi connectivity index (χ1n) is 9.10. The van der Waals surface area contributed by atoms with Crippen LogP contribution in [0.1, 0.15) is 47.5 Å². The highest BCUT2D eigenvalue weighted by Gasteiger charge is 2.67. The fraction of sp³-hybridized carbons (Fsp3) is 0.824. The Labute approximate surface area is 159 Å². The lowest BCUT2D eigenvalue weighted by Crippen LogP contribution is -2.62. The van der Waals surface area contributed by atoms with E-state index < -0.39 is 49.9 Å². The number of carbonyl (C=O) groups excluding carboxylic acids is 3. The second-order valence-corrected chi connectivity index (χ2v) is 11.0. The van der Waals surface area contributed by atoms with E-state index in [0.717, 1.165) is 4.90 Å². The zero-order chi connectivity index (χ0) is 20.7. The van der Waals surface area contributed by atoms with Gasteiger partial charge in [0, 0.05) is 6.04 Å². The highest BCUT2D eigenvalue weighted by Crippen LogP contribution is 2.45. The molecular formula is C17H29N3O6S. The Morgan fingerprint density at radius 2 is 1.85 bits per heavy atom. The number of aliphatic hydroxyl groups excluding tert-OH is 1. The van der Waals surface area contributed by atoms with Crippen molar-refractivity contribution in [2.45, 2.75) is 75.7 Å². The monoisotopic (exact) mass is 403 g/mol. The maximum absolute atomic E-state index is 12.9. The number of rotatable bonds is 7. The van der Waals surface area contributed by atoms with Crippen molar-refractivity contribution in [1.29, 1.82) is 0 Å². The number of aliphatic hydroxyl groups is 1. The van der Waals surface area contributed by atoms with Gasteiger partial charge in [0.25, 0.3) is 0 Å². The largest absolute Gasteiger partial charge is 0.394 e. The van der Waals surface area contributed by atoms with Gasteiger partial charge in [0.1, 0.15) is 17.5 Å². The zero-order valence-corrected chi connectivity index (χ0v) is 17.2. The van der Waals surface area contributed by atoms with Gasteiger partial charge in [-0.2, -0.15) is 0 Å². The average Bonchev–Trinajstić information content (AvgIpc) is 2.67. The van der Waals surface area contributed by atoms with Gasteiger partial charge in [-0.25, -0.2) is 8.42 Å². The van der Waals surface area contributed by atoms with E-state index in [2.05, 4.69) is 10.6 Å². The molecule has 4 unspecified atom stereocenters. The lowest BCUT2D eigenvalue weighted by molar-refractivity contribution is -0.150. The second kappa shape index (κ2) is 7.38. The molecule has 2 aliphatic rings. The van der Waals surface area contributed by atoms with Gasteiger partial charge in [-0.15, -0.1) is 0 Å². The third-order valence-corrected chi connectivity index (χ3v) is 8.03. The minimum Gasteiger partial charge on any atom is -0.394 e. The molecule has 2 fully saturated rings. The van der Waals surface area contributed by atoms with Crippen LogP contribution in [0.25, 0.3) is 0 Å². The molecule has 2 heterocycles. The molecule has 10 heteroatoms. The molecule has 9 nitrogen and oxygen atoms in total. The molecule has 4 atom stereocenters. The highest BCUT2D eigenvalue weighted by molar-refractivity contribution is 7.93. The van der Waals surface area contributed by atoms with Crippen molar-refractivity contribution in [3.63, 3.8) is 0 Å². The quantitative estimate of drug-likeness (QED) is 0.474. The molecule has 0 saturated carbocycles. The van der Waals surface area contributed by atoms with Gasteiger partial charge in [0.2, 0.25) is 17.7 Å². The van der Waals surface area contributed by atoms with Crippen LogP contribution in [-0.2, 0) is 24.2 Å². The zero-order valence-electron chi connectivity index (χ0n) is 16.4. The summed E-state index contributed by atoms with van der Waals surface area (Å²) in [4.78, 5) is 38.5. The third-order valence-electron chi connectivity index (χ3n) is 5.23. The Bertz CT molecular complexity index is 733. The number of β-lactam (4-membered cyclic amide) rings is 1. The second-order valence-electron chi connectivity index (χ2n) is 8.29. The van der Waals surface area contributed by atoms with Gasteiger partial charge in [0.05, 0.1) is 17.8 Å².